The van der Waals surface area contributed by atoms with Crippen LogP contribution in [0.15, 0.2) is 109 Å². The van der Waals surface area contributed by atoms with E-state index in [1.54, 1.807) is 0 Å². The van der Waals surface area contributed by atoms with Crippen molar-refractivity contribution in [3.05, 3.63) is 115 Å². The zero-order chi connectivity index (χ0) is 20.8. The highest BCUT2D eigenvalue weighted by Crippen LogP contribution is 2.38. The number of benzene rings is 5. The molecule has 0 atom stereocenters. The maximum atomic E-state index is 5.12. The average Bonchev–Trinajstić information content (AvgIpc) is 2.83. The molecule has 1 heteroatoms. The summed E-state index contributed by atoms with van der Waals surface area (Å²) in [5, 5.41) is 4.81. The number of hydrogen-bond acceptors (Lipinski definition) is 1. The first-order valence-electron chi connectivity index (χ1n) is 10.7. The third-order valence-corrected chi connectivity index (χ3v) is 6.11. The molecule has 0 aliphatic heterocycles. The van der Waals surface area contributed by atoms with Gasteiger partial charge in [-0.15, -0.1) is 0 Å². The Morgan fingerprint density at radius 2 is 1.19 bits per heavy atom. The van der Waals surface area contributed by atoms with Crippen molar-refractivity contribution in [2.45, 2.75) is 6.92 Å². The van der Waals surface area contributed by atoms with Crippen LogP contribution < -0.4 is 0 Å². The van der Waals surface area contributed by atoms with Crippen LogP contribution in [0.1, 0.15) is 5.56 Å². The Balaban J connectivity index is 1.66. The fourth-order valence-corrected chi connectivity index (χ4v) is 4.56. The van der Waals surface area contributed by atoms with Crippen LogP contribution in [0.5, 0.6) is 0 Å². The van der Waals surface area contributed by atoms with Crippen LogP contribution in [0.3, 0.4) is 0 Å². The van der Waals surface area contributed by atoms with Gasteiger partial charge in [-0.25, -0.2) is 4.98 Å². The Hall–Kier alpha value is -3.97. The van der Waals surface area contributed by atoms with Gasteiger partial charge in [0.15, 0.2) is 0 Å². The lowest BCUT2D eigenvalue weighted by Crippen LogP contribution is -1.91. The molecule has 0 amide bonds. The Morgan fingerprint density at radius 3 is 2.03 bits per heavy atom. The van der Waals surface area contributed by atoms with Gasteiger partial charge in [0.2, 0.25) is 0 Å². The molecule has 1 heterocycles. The lowest BCUT2D eigenvalue weighted by molar-refractivity contribution is 1.45. The second-order valence-electron chi connectivity index (χ2n) is 8.13. The lowest BCUT2D eigenvalue weighted by atomic mass is 9.92. The van der Waals surface area contributed by atoms with Crippen molar-refractivity contribution in [3.63, 3.8) is 0 Å². The minimum atomic E-state index is 1.05. The summed E-state index contributed by atoms with van der Waals surface area (Å²) in [7, 11) is 0. The monoisotopic (exact) mass is 395 g/mol. The molecule has 0 spiro atoms. The first-order valence-corrected chi connectivity index (χ1v) is 10.7. The summed E-state index contributed by atoms with van der Waals surface area (Å²) in [6.07, 6.45) is 0. The number of hydrogen-bond donors (Lipinski definition) is 0. The summed E-state index contributed by atoms with van der Waals surface area (Å²) in [4.78, 5) is 5.12. The number of aromatic nitrogens is 1. The average molecular weight is 396 g/mol. The van der Waals surface area contributed by atoms with E-state index in [0.717, 1.165) is 11.0 Å². The Kier molecular flexibility index (Phi) is 4.07. The molecule has 0 saturated heterocycles. The van der Waals surface area contributed by atoms with Crippen LogP contribution in [-0.2, 0) is 0 Å². The van der Waals surface area contributed by atoms with Gasteiger partial charge in [-0.2, -0.15) is 0 Å². The van der Waals surface area contributed by atoms with Crippen LogP contribution in [0, 0.1) is 6.92 Å². The standard InChI is InChI=1S/C30H21N/c1-20-11-17-26-28(19-20)31-30-25-10-6-5-9-23(25)16-18-27(30)29(26)24-14-12-22(13-15-24)21-7-3-2-4-8-21/h2-19H,1H3. The molecule has 6 rings (SSSR count). The molecule has 0 saturated carbocycles. The molecule has 0 fully saturated rings. The minimum absolute atomic E-state index is 1.05. The number of pyridine rings is 1. The van der Waals surface area contributed by atoms with Crippen molar-refractivity contribution in [1.82, 2.24) is 4.98 Å². The largest absolute Gasteiger partial charge is 0.247 e. The van der Waals surface area contributed by atoms with E-state index in [-0.39, 0.29) is 0 Å². The van der Waals surface area contributed by atoms with Crippen molar-refractivity contribution >= 4 is 32.6 Å². The summed E-state index contributed by atoms with van der Waals surface area (Å²) in [6.45, 7) is 2.13. The van der Waals surface area contributed by atoms with Gasteiger partial charge < -0.3 is 0 Å². The summed E-state index contributed by atoms with van der Waals surface area (Å²) in [5.41, 5.74) is 8.28. The van der Waals surface area contributed by atoms with Gasteiger partial charge in [0.05, 0.1) is 11.0 Å². The predicted octanol–water partition coefficient (Wildman–Crippen LogP) is 8.18. The Morgan fingerprint density at radius 1 is 0.516 bits per heavy atom. The van der Waals surface area contributed by atoms with E-state index in [1.807, 2.05) is 0 Å². The molecule has 6 aromatic rings. The van der Waals surface area contributed by atoms with Crippen molar-refractivity contribution in [2.75, 3.05) is 0 Å². The quantitative estimate of drug-likeness (QED) is 0.213. The second kappa shape index (κ2) is 7.07. The summed E-state index contributed by atoms with van der Waals surface area (Å²) >= 11 is 0. The highest BCUT2D eigenvalue weighted by atomic mass is 14.7. The van der Waals surface area contributed by atoms with Crippen molar-refractivity contribution in [3.8, 4) is 22.3 Å². The topological polar surface area (TPSA) is 12.9 Å². The molecule has 1 nitrogen and oxygen atoms in total. The van der Waals surface area contributed by atoms with E-state index in [0.29, 0.717) is 0 Å². The zero-order valence-electron chi connectivity index (χ0n) is 17.3. The number of rotatable bonds is 2. The number of nitrogens with zero attached hydrogens (tertiary/aromatic N) is 1. The van der Waals surface area contributed by atoms with Crippen LogP contribution >= 0.6 is 0 Å². The molecule has 0 radical (unpaired) electrons. The Labute approximate surface area is 181 Å². The highest BCUT2D eigenvalue weighted by Gasteiger charge is 2.13. The molecule has 146 valence electrons. The second-order valence-corrected chi connectivity index (χ2v) is 8.13. The van der Waals surface area contributed by atoms with Crippen LogP contribution in [-0.4, -0.2) is 4.98 Å². The van der Waals surface area contributed by atoms with Gasteiger partial charge in [0.1, 0.15) is 0 Å². The molecule has 0 bridgehead atoms. The summed E-state index contributed by atoms with van der Waals surface area (Å²) < 4.78 is 0. The molecular weight excluding hydrogens is 374 g/mol. The first kappa shape index (κ1) is 17.9. The fourth-order valence-electron chi connectivity index (χ4n) is 4.56. The molecule has 31 heavy (non-hydrogen) atoms. The van der Waals surface area contributed by atoms with E-state index in [1.165, 1.54) is 49.4 Å². The number of aryl methyl sites for hydroxylation is 1. The van der Waals surface area contributed by atoms with E-state index >= 15 is 0 Å². The van der Waals surface area contributed by atoms with Gasteiger partial charge in [0, 0.05) is 21.7 Å². The molecule has 1 aromatic heterocycles. The SMILES string of the molecule is Cc1ccc2c(-c3ccc(-c4ccccc4)cc3)c3ccc4ccccc4c3nc2c1. The van der Waals surface area contributed by atoms with Gasteiger partial charge >= 0.3 is 0 Å². The van der Waals surface area contributed by atoms with Crippen molar-refractivity contribution in [1.29, 1.82) is 0 Å². The van der Waals surface area contributed by atoms with Crippen LogP contribution in [0.2, 0.25) is 0 Å². The molecule has 0 aliphatic carbocycles. The minimum Gasteiger partial charge on any atom is -0.247 e. The van der Waals surface area contributed by atoms with E-state index < -0.39 is 0 Å². The van der Waals surface area contributed by atoms with Gasteiger partial charge in [-0.05, 0) is 40.6 Å². The molecule has 0 aliphatic rings. The number of fused-ring (bicyclic) bond motifs is 4. The van der Waals surface area contributed by atoms with Crippen molar-refractivity contribution in [2.24, 2.45) is 0 Å². The predicted molar refractivity (Wildman–Crippen MR) is 132 cm³/mol. The summed E-state index contributed by atoms with van der Waals surface area (Å²) in [6, 6.07) is 39.0. The van der Waals surface area contributed by atoms with Gasteiger partial charge in [0.25, 0.3) is 0 Å². The molecule has 5 aromatic carbocycles. The summed E-state index contributed by atoms with van der Waals surface area (Å²) in [5.74, 6) is 0. The normalized spacial score (nSPS) is 11.4. The molecule has 0 N–H and O–H groups in total. The lowest BCUT2D eigenvalue weighted by Gasteiger charge is -2.14. The first-order chi connectivity index (χ1) is 15.3. The van der Waals surface area contributed by atoms with Crippen molar-refractivity contribution < 1.29 is 0 Å². The smallest absolute Gasteiger partial charge is 0.0794 e. The molecule has 0 unspecified atom stereocenters. The third-order valence-electron chi connectivity index (χ3n) is 6.11. The van der Waals surface area contributed by atoms with Gasteiger partial charge in [-0.3, -0.25) is 0 Å². The van der Waals surface area contributed by atoms with E-state index in [9.17, 15) is 0 Å². The van der Waals surface area contributed by atoms with E-state index in [4.69, 9.17) is 4.98 Å². The maximum absolute atomic E-state index is 5.12. The Bertz CT molecular complexity index is 1560. The molecular formula is C30H21N. The zero-order valence-corrected chi connectivity index (χ0v) is 17.3. The maximum Gasteiger partial charge on any atom is 0.0794 e. The van der Waals surface area contributed by atoms with Gasteiger partial charge in [-0.1, -0.05) is 103 Å². The highest BCUT2D eigenvalue weighted by molar-refractivity contribution is 6.16. The van der Waals surface area contributed by atoms with Crippen LogP contribution in [0.25, 0.3) is 54.8 Å². The van der Waals surface area contributed by atoms with Crippen LogP contribution in [0.4, 0.5) is 0 Å². The third kappa shape index (κ3) is 2.98. The van der Waals surface area contributed by atoms with E-state index in [2.05, 4.69) is 116 Å². The fraction of sp³-hybridized carbons (Fsp3) is 0.0333.